The number of fused-ring (bicyclic) bond motifs is 1. The summed E-state index contributed by atoms with van der Waals surface area (Å²) in [6.45, 7) is 3.85. The summed E-state index contributed by atoms with van der Waals surface area (Å²) in [4.78, 5) is 8.35. The molecular formula is C11H15ClN4O3S. The van der Waals surface area contributed by atoms with Crippen molar-refractivity contribution in [3.05, 3.63) is 22.2 Å². The quantitative estimate of drug-likeness (QED) is 0.735. The van der Waals surface area contributed by atoms with Crippen LogP contribution in [0.4, 0.5) is 0 Å². The second-order valence-corrected chi connectivity index (χ2v) is 7.06. The second kappa shape index (κ2) is 5.19. The summed E-state index contributed by atoms with van der Waals surface area (Å²) in [5.41, 5.74) is 1.40. The first-order chi connectivity index (χ1) is 9.48. The zero-order chi connectivity index (χ0) is 14.3. The van der Waals surface area contributed by atoms with Crippen molar-refractivity contribution in [1.29, 1.82) is 0 Å². The van der Waals surface area contributed by atoms with E-state index in [4.69, 9.17) is 16.3 Å². The van der Waals surface area contributed by atoms with Gasteiger partial charge < -0.3 is 4.74 Å². The number of ether oxygens (including phenoxy) is 1. The van der Waals surface area contributed by atoms with Gasteiger partial charge in [0, 0.05) is 25.2 Å². The summed E-state index contributed by atoms with van der Waals surface area (Å²) in [6.07, 6.45) is 0. The predicted octanol–water partition coefficient (Wildman–Crippen LogP) is 0.331. The fourth-order valence-corrected chi connectivity index (χ4v) is 4.21. The Morgan fingerprint density at radius 1 is 1.15 bits per heavy atom. The van der Waals surface area contributed by atoms with E-state index in [1.54, 1.807) is 6.92 Å². The first kappa shape index (κ1) is 14.2. The minimum Gasteiger partial charge on any atom is -0.379 e. The topological polar surface area (TPSA) is 75.6 Å². The number of rotatable bonds is 2. The normalized spacial score (nSPS) is 21.1. The summed E-state index contributed by atoms with van der Waals surface area (Å²) in [6, 6.07) is 0. The van der Waals surface area contributed by atoms with Gasteiger partial charge in [-0.2, -0.15) is 17.0 Å². The van der Waals surface area contributed by atoms with Gasteiger partial charge in [-0.25, -0.2) is 9.97 Å². The lowest BCUT2D eigenvalue weighted by molar-refractivity contribution is 0.0701. The van der Waals surface area contributed by atoms with Crippen molar-refractivity contribution in [2.75, 3.05) is 26.3 Å². The van der Waals surface area contributed by atoms with Gasteiger partial charge in [-0.3, -0.25) is 0 Å². The Morgan fingerprint density at radius 2 is 1.85 bits per heavy atom. The molecule has 0 saturated carbocycles. The smallest absolute Gasteiger partial charge is 0.282 e. The third kappa shape index (κ3) is 2.42. The largest absolute Gasteiger partial charge is 0.379 e. The van der Waals surface area contributed by atoms with Crippen molar-refractivity contribution in [2.45, 2.75) is 20.0 Å². The number of halogens is 1. The monoisotopic (exact) mass is 318 g/mol. The number of aryl methyl sites for hydroxylation is 1. The third-order valence-corrected chi connectivity index (χ3v) is 5.68. The van der Waals surface area contributed by atoms with Gasteiger partial charge in [0.2, 0.25) is 0 Å². The lowest BCUT2D eigenvalue weighted by Gasteiger charge is -2.29. The van der Waals surface area contributed by atoms with Crippen molar-refractivity contribution in [3.63, 3.8) is 0 Å². The van der Waals surface area contributed by atoms with Crippen LogP contribution in [-0.4, -0.2) is 53.3 Å². The van der Waals surface area contributed by atoms with Crippen molar-refractivity contribution >= 4 is 21.8 Å². The summed E-state index contributed by atoms with van der Waals surface area (Å²) >= 11 is 6.07. The predicted molar refractivity (Wildman–Crippen MR) is 72.3 cm³/mol. The molecule has 2 aliphatic rings. The summed E-state index contributed by atoms with van der Waals surface area (Å²) < 4.78 is 33.1. The SMILES string of the molecule is Cc1nc(Cl)c2c(n1)CN(S(=O)(=O)N1CCOCC1)C2. The Hall–Kier alpha value is -0.800. The molecule has 1 saturated heterocycles. The molecule has 0 radical (unpaired) electrons. The Balaban J connectivity index is 1.85. The molecule has 1 aromatic heterocycles. The fourth-order valence-electron chi connectivity index (χ4n) is 2.41. The molecule has 0 N–H and O–H groups in total. The number of hydrogen-bond donors (Lipinski definition) is 0. The molecule has 0 amide bonds. The minimum atomic E-state index is -3.50. The number of nitrogens with zero attached hydrogens (tertiary/aromatic N) is 4. The van der Waals surface area contributed by atoms with Crippen LogP contribution in [-0.2, 0) is 28.0 Å². The first-order valence-electron chi connectivity index (χ1n) is 6.33. The molecular weight excluding hydrogens is 304 g/mol. The maximum Gasteiger partial charge on any atom is 0.282 e. The lowest BCUT2D eigenvalue weighted by atomic mass is 10.3. The van der Waals surface area contributed by atoms with E-state index in [-0.39, 0.29) is 13.1 Å². The van der Waals surface area contributed by atoms with Crippen LogP contribution in [0.2, 0.25) is 5.15 Å². The van der Waals surface area contributed by atoms with E-state index in [1.807, 2.05) is 0 Å². The molecule has 0 unspecified atom stereocenters. The molecule has 0 aromatic carbocycles. The standard InChI is InChI=1S/C11H15ClN4O3S/c1-8-13-10-7-16(6-9(10)11(12)14-8)20(17,18)15-2-4-19-5-3-15/h2-7H2,1H3. The molecule has 3 heterocycles. The van der Waals surface area contributed by atoms with Gasteiger partial charge in [0.15, 0.2) is 0 Å². The maximum absolute atomic E-state index is 12.6. The van der Waals surface area contributed by atoms with Gasteiger partial charge in [-0.05, 0) is 6.92 Å². The maximum atomic E-state index is 12.6. The molecule has 0 atom stereocenters. The molecule has 9 heteroatoms. The average Bonchev–Trinajstić information content (AvgIpc) is 2.84. The number of aromatic nitrogens is 2. The molecule has 2 aliphatic heterocycles. The highest BCUT2D eigenvalue weighted by Crippen LogP contribution is 2.29. The van der Waals surface area contributed by atoms with Crippen LogP contribution >= 0.6 is 11.6 Å². The molecule has 0 aliphatic carbocycles. The van der Waals surface area contributed by atoms with Gasteiger partial charge in [0.1, 0.15) is 11.0 Å². The first-order valence-corrected chi connectivity index (χ1v) is 8.11. The molecule has 1 aromatic rings. The van der Waals surface area contributed by atoms with E-state index < -0.39 is 10.2 Å². The second-order valence-electron chi connectivity index (χ2n) is 4.77. The minimum absolute atomic E-state index is 0.230. The molecule has 0 bridgehead atoms. The lowest BCUT2D eigenvalue weighted by Crippen LogP contribution is -2.46. The van der Waals surface area contributed by atoms with Gasteiger partial charge in [0.05, 0.1) is 25.5 Å². The Morgan fingerprint density at radius 3 is 2.55 bits per heavy atom. The summed E-state index contributed by atoms with van der Waals surface area (Å²) in [5, 5.41) is 0.340. The van der Waals surface area contributed by atoms with Crippen LogP contribution in [0.1, 0.15) is 17.1 Å². The highest BCUT2D eigenvalue weighted by Gasteiger charge is 2.36. The van der Waals surface area contributed by atoms with Crippen molar-refractivity contribution in [1.82, 2.24) is 18.6 Å². The van der Waals surface area contributed by atoms with Crippen LogP contribution in [0.5, 0.6) is 0 Å². The van der Waals surface area contributed by atoms with Crippen LogP contribution in [0.25, 0.3) is 0 Å². The van der Waals surface area contributed by atoms with E-state index in [1.165, 1.54) is 8.61 Å². The third-order valence-electron chi connectivity index (χ3n) is 3.44. The average molecular weight is 319 g/mol. The van der Waals surface area contributed by atoms with Crippen LogP contribution in [0.3, 0.4) is 0 Å². The van der Waals surface area contributed by atoms with Gasteiger partial charge in [-0.15, -0.1) is 0 Å². The van der Waals surface area contributed by atoms with E-state index >= 15 is 0 Å². The van der Waals surface area contributed by atoms with E-state index in [9.17, 15) is 8.42 Å². The summed E-state index contributed by atoms with van der Waals surface area (Å²) in [7, 11) is -3.50. The van der Waals surface area contributed by atoms with E-state index in [0.717, 1.165) is 0 Å². The number of morpholine rings is 1. The Kier molecular flexibility index (Phi) is 3.67. The van der Waals surface area contributed by atoms with Crippen LogP contribution in [0.15, 0.2) is 0 Å². The Labute approximate surface area is 122 Å². The van der Waals surface area contributed by atoms with Gasteiger partial charge in [-0.1, -0.05) is 11.6 Å². The van der Waals surface area contributed by atoms with E-state index in [0.29, 0.717) is 48.5 Å². The molecule has 110 valence electrons. The van der Waals surface area contributed by atoms with Crippen molar-refractivity contribution in [3.8, 4) is 0 Å². The fraction of sp³-hybridized carbons (Fsp3) is 0.636. The highest BCUT2D eigenvalue weighted by atomic mass is 35.5. The van der Waals surface area contributed by atoms with Gasteiger partial charge >= 0.3 is 0 Å². The zero-order valence-corrected chi connectivity index (χ0v) is 12.6. The Bertz CT molecular complexity index is 631. The molecule has 3 rings (SSSR count). The summed E-state index contributed by atoms with van der Waals surface area (Å²) in [5.74, 6) is 0.555. The van der Waals surface area contributed by atoms with E-state index in [2.05, 4.69) is 9.97 Å². The molecule has 1 fully saturated rings. The van der Waals surface area contributed by atoms with Crippen molar-refractivity contribution in [2.24, 2.45) is 0 Å². The van der Waals surface area contributed by atoms with Crippen LogP contribution < -0.4 is 0 Å². The van der Waals surface area contributed by atoms with Crippen LogP contribution in [0, 0.1) is 6.92 Å². The number of hydrogen-bond acceptors (Lipinski definition) is 5. The zero-order valence-electron chi connectivity index (χ0n) is 11.0. The van der Waals surface area contributed by atoms with Gasteiger partial charge in [0.25, 0.3) is 10.2 Å². The molecule has 20 heavy (non-hydrogen) atoms. The molecule has 7 nitrogen and oxygen atoms in total. The van der Waals surface area contributed by atoms with Crippen molar-refractivity contribution < 1.29 is 13.2 Å². The molecule has 0 spiro atoms. The highest BCUT2D eigenvalue weighted by molar-refractivity contribution is 7.86.